The van der Waals surface area contributed by atoms with E-state index >= 15 is 0 Å². The zero-order valence-electron chi connectivity index (χ0n) is 17.5. The van der Waals surface area contributed by atoms with Gasteiger partial charge in [0.1, 0.15) is 17.1 Å². The Balaban J connectivity index is 1.95. The second-order valence-electron chi connectivity index (χ2n) is 7.67. The van der Waals surface area contributed by atoms with E-state index in [9.17, 15) is 15.0 Å². The highest BCUT2D eigenvalue weighted by Gasteiger charge is 2.42. The number of aromatic nitrogens is 2. The second kappa shape index (κ2) is 7.40. The number of carbonyl (C=O) groups excluding carboxylic acids is 1. The summed E-state index contributed by atoms with van der Waals surface area (Å²) in [5.74, 6) is 0.390. The zero-order valence-corrected chi connectivity index (χ0v) is 17.5. The van der Waals surface area contributed by atoms with Crippen molar-refractivity contribution in [3.63, 3.8) is 0 Å². The molecule has 156 valence electrons. The number of phenols is 2. The number of hydrogen-bond acceptors (Lipinski definition) is 5. The summed E-state index contributed by atoms with van der Waals surface area (Å²) in [4.78, 5) is 15.0. The molecule has 1 aliphatic heterocycles. The third-order valence-electron chi connectivity index (χ3n) is 5.55. The Morgan fingerprint density at radius 1 is 1.20 bits per heavy atom. The number of methoxy groups -OCH3 is 1. The summed E-state index contributed by atoms with van der Waals surface area (Å²) in [5, 5.41) is 28.1. The molecule has 0 saturated heterocycles. The van der Waals surface area contributed by atoms with Gasteiger partial charge in [-0.05, 0) is 55.2 Å². The summed E-state index contributed by atoms with van der Waals surface area (Å²) in [5.41, 5.74) is 4.84. The first-order valence-electron chi connectivity index (χ1n) is 9.94. The number of hydrogen-bond donors (Lipinski definition) is 3. The molecule has 0 fully saturated rings. The smallest absolute Gasteiger partial charge is 0.273 e. The van der Waals surface area contributed by atoms with Crippen molar-refractivity contribution in [3.05, 3.63) is 58.3 Å². The van der Waals surface area contributed by atoms with Crippen molar-refractivity contribution in [2.45, 2.75) is 33.2 Å². The van der Waals surface area contributed by atoms with Crippen LogP contribution in [-0.2, 0) is 0 Å². The van der Waals surface area contributed by atoms with Crippen LogP contribution in [-0.4, -0.2) is 44.9 Å². The highest BCUT2D eigenvalue weighted by Crippen LogP contribution is 2.46. The average molecular weight is 407 g/mol. The van der Waals surface area contributed by atoms with Gasteiger partial charge in [0.05, 0.1) is 13.2 Å². The van der Waals surface area contributed by atoms with Crippen molar-refractivity contribution in [2.75, 3.05) is 13.7 Å². The van der Waals surface area contributed by atoms with Gasteiger partial charge in [0, 0.05) is 17.7 Å². The molecule has 0 spiro atoms. The molecule has 3 aromatic rings. The predicted octanol–water partition coefficient (Wildman–Crippen LogP) is 4.07. The van der Waals surface area contributed by atoms with Crippen molar-refractivity contribution in [3.8, 4) is 28.5 Å². The first-order valence-corrected chi connectivity index (χ1v) is 9.94. The molecule has 4 rings (SSSR count). The van der Waals surface area contributed by atoms with Gasteiger partial charge in [-0.3, -0.25) is 9.89 Å². The number of carbonyl (C=O) groups is 1. The van der Waals surface area contributed by atoms with Gasteiger partial charge in [0.25, 0.3) is 5.91 Å². The standard InChI is InChI=1S/C23H25N3O4/c1-5-8-26-21(14-6-7-16(27)17(11-14)30-4)18-19(24-25-20(18)23(26)29)15-10-12(2)9-13(3)22(15)28/h6-7,9-11,21,27-28H,5,8H2,1-4H3,(H,24,25). The summed E-state index contributed by atoms with van der Waals surface area (Å²) in [6, 6.07) is 8.46. The lowest BCUT2D eigenvalue weighted by Crippen LogP contribution is -2.30. The van der Waals surface area contributed by atoms with E-state index in [-0.39, 0.29) is 17.4 Å². The first kappa shape index (κ1) is 19.8. The fourth-order valence-corrected chi connectivity index (χ4v) is 4.22. The molecule has 30 heavy (non-hydrogen) atoms. The second-order valence-corrected chi connectivity index (χ2v) is 7.67. The van der Waals surface area contributed by atoms with Gasteiger partial charge in [0.2, 0.25) is 0 Å². The number of ether oxygens (including phenoxy) is 1. The van der Waals surface area contributed by atoms with Crippen LogP contribution in [0.5, 0.6) is 17.2 Å². The van der Waals surface area contributed by atoms with Crippen LogP contribution in [0.3, 0.4) is 0 Å². The van der Waals surface area contributed by atoms with Crippen molar-refractivity contribution in [1.82, 2.24) is 15.1 Å². The van der Waals surface area contributed by atoms with E-state index in [1.807, 2.05) is 32.9 Å². The van der Waals surface area contributed by atoms with Gasteiger partial charge >= 0.3 is 0 Å². The Kier molecular flexibility index (Phi) is 4.89. The number of amides is 1. The van der Waals surface area contributed by atoms with Gasteiger partial charge in [-0.15, -0.1) is 0 Å². The lowest BCUT2D eigenvalue weighted by atomic mass is 9.94. The Morgan fingerprint density at radius 3 is 2.67 bits per heavy atom. The summed E-state index contributed by atoms with van der Waals surface area (Å²) in [6.45, 7) is 6.38. The third-order valence-corrected chi connectivity index (χ3v) is 5.55. The lowest BCUT2D eigenvalue weighted by molar-refractivity contribution is 0.0744. The largest absolute Gasteiger partial charge is 0.507 e. The topological polar surface area (TPSA) is 98.7 Å². The predicted molar refractivity (Wildman–Crippen MR) is 113 cm³/mol. The quantitative estimate of drug-likeness (QED) is 0.592. The number of fused-ring (bicyclic) bond motifs is 1. The van der Waals surface area contributed by atoms with Crippen LogP contribution < -0.4 is 4.74 Å². The minimum atomic E-state index is -0.407. The number of aromatic hydroxyl groups is 2. The van der Waals surface area contributed by atoms with Crippen LogP contribution in [0.2, 0.25) is 0 Å². The molecule has 0 radical (unpaired) electrons. The summed E-state index contributed by atoms with van der Waals surface area (Å²) >= 11 is 0. The minimum absolute atomic E-state index is 0.0345. The molecule has 2 heterocycles. The summed E-state index contributed by atoms with van der Waals surface area (Å²) in [7, 11) is 1.49. The molecule has 7 nitrogen and oxygen atoms in total. The SMILES string of the molecule is CCCN1C(=O)c2[nH]nc(-c3cc(C)cc(C)c3O)c2C1c1ccc(O)c(OC)c1. The third kappa shape index (κ3) is 2.98. The molecule has 1 atom stereocenters. The number of aryl methyl sites for hydroxylation is 2. The highest BCUT2D eigenvalue weighted by molar-refractivity contribution is 6.00. The fraction of sp³-hybridized carbons (Fsp3) is 0.304. The molecule has 7 heteroatoms. The maximum absolute atomic E-state index is 13.2. The number of nitrogens with one attached hydrogen (secondary N) is 1. The molecule has 0 bridgehead atoms. The van der Waals surface area contributed by atoms with Crippen LogP contribution in [0.15, 0.2) is 30.3 Å². The normalized spacial score (nSPS) is 15.5. The molecule has 3 N–H and O–H groups in total. The molecule has 0 aliphatic carbocycles. The Bertz CT molecular complexity index is 1140. The van der Waals surface area contributed by atoms with Crippen molar-refractivity contribution >= 4 is 5.91 Å². The number of aromatic amines is 1. The van der Waals surface area contributed by atoms with E-state index in [2.05, 4.69) is 10.2 Å². The maximum atomic E-state index is 13.2. The summed E-state index contributed by atoms with van der Waals surface area (Å²) in [6.07, 6.45) is 0.791. The summed E-state index contributed by atoms with van der Waals surface area (Å²) < 4.78 is 5.29. The number of benzene rings is 2. The van der Waals surface area contributed by atoms with E-state index in [0.717, 1.165) is 28.7 Å². The van der Waals surface area contributed by atoms with Crippen LogP contribution >= 0.6 is 0 Å². The van der Waals surface area contributed by atoms with Crippen LogP contribution in [0, 0.1) is 13.8 Å². The first-order chi connectivity index (χ1) is 14.4. The molecule has 1 unspecified atom stereocenters. The zero-order chi connectivity index (χ0) is 21.6. The van der Waals surface area contributed by atoms with Crippen LogP contribution in [0.25, 0.3) is 11.3 Å². The molecule has 0 saturated carbocycles. The number of nitrogens with zero attached hydrogens (tertiary/aromatic N) is 2. The van der Waals surface area contributed by atoms with Crippen molar-refractivity contribution in [1.29, 1.82) is 0 Å². The number of H-pyrrole nitrogens is 1. The molecule has 1 aromatic heterocycles. The van der Waals surface area contributed by atoms with Gasteiger partial charge in [-0.25, -0.2) is 0 Å². The lowest BCUT2D eigenvalue weighted by Gasteiger charge is -2.26. The van der Waals surface area contributed by atoms with E-state index < -0.39 is 6.04 Å². The molecule has 1 aliphatic rings. The Labute approximate surface area is 174 Å². The Morgan fingerprint density at radius 2 is 1.97 bits per heavy atom. The van der Waals surface area contributed by atoms with Gasteiger partial charge < -0.3 is 19.8 Å². The maximum Gasteiger partial charge on any atom is 0.273 e. The van der Waals surface area contributed by atoms with Crippen LogP contribution in [0.4, 0.5) is 0 Å². The molecule has 1 amide bonds. The molecular weight excluding hydrogens is 382 g/mol. The van der Waals surface area contributed by atoms with Gasteiger partial charge in [-0.2, -0.15) is 5.10 Å². The van der Waals surface area contributed by atoms with E-state index in [1.54, 1.807) is 23.1 Å². The average Bonchev–Trinajstić information content (AvgIpc) is 3.25. The number of rotatable bonds is 5. The van der Waals surface area contributed by atoms with E-state index in [0.29, 0.717) is 29.2 Å². The van der Waals surface area contributed by atoms with E-state index in [4.69, 9.17) is 4.74 Å². The monoisotopic (exact) mass is 407 g/mol. The highest BCUT2D eigenvalue weighted by atomic mass is 16.5. The molecule has 2 aromatic carbocycles. The Hall–Kier alpha value is -3.48. The van der Waals surface area contributed by atoms with Crippen LogP contribution in [0.1, 0.15) is 52.1 Å². The molecular formula is C23H25N3O4. The van der Waals surface area contributed by atoms with Crippen molar-refractivity contribution < 1.29 is 19.7 Å². The van der Waals surface area contributed by atoms with Gasteiger partial charge in [-0.1, -0.05) is 19.1 Å². The minimum Gasteiger partial charge on any atom is -0.507 e. The van der Waals surface area contributed by atoms with E-state index in [1.165, 1.54) is 7.11 Å². The number of phenolic OH excluding ortho intramolecular Hbond substituents is 2. The van der Waals surface area contributed by atoms with Crippen molar-refractivity contribution in [2.24, 2.45) is 0 Å². The van der Waals surface area contributed by atoms with Gasteiger partial charge in [0.15, 0.2) is 11.5 Å². The fourth-order valence-electron chi connectivity index (χ4n) is 4.22.